The Morgan fingerprint density at radius 1 is 1.32 bits per heavy atom. The lowest BCUT2D eigenvalue weighted by Gasteiger charge is -2.37. The van der Waals surface area contributed by atoms with Crippen molar-refractivity contribution in [2.75, 3.05) is 19.6 Å². The van der Waals surface area contributed by atoms with Gasteiger partial charge in [0.15, 0.2) is 10.8 Å². The Kier molecular flexibility index (Phi) is 3.10. The molecule has 1 unspecified atom stereocenters. The normalized spacial score (nSPS) is 22.6. The molecule has 2 amide bonds. The van der Waals surface area contributed by atoms with Crippen LogP contribution in [0, 0.1) is 0 Å². The van der Waals surface area contributed by atoms with Gasteiger partial charge in [-0.15, -0.1) is 10.2 Å². The lowest BCUT2D eigenvalue weighted by molar-refractivity contribution is -0.130. The molecule has 3 heterocycles. The third-order valence-electron chi connectivity index (χ3n) is 3.63. The molecule has 0 spiro atoms. The van der Waals surface area contributed by atoms with Gasteiger partial charge in [-0.3, -0.25) is 9.59 Å². The largest absolute Gasteiger partial charge is 0.336 e. The van der Waals surface area contributed by atoms with E-state index in [0.29, 0.717) is 31.7 Å². The SMILES string of the molecule is O=C(c1ccc(Cl)nn1)N1CCN2C(=O)CCC2C1. The average molecular weight is 281 g/mol. The first-order chi connectivity index (χ1) is 9.15. The topological polar surface area (TPSA) is 66.4 Å². The first kappa shape index (κ1) is 12.3. The van der Waals surface area contributed by atoms with Gasteiger partial charge in [0.1, 0.15) is 0 Å². The summed E-state index contributed by atoms with van der Waals surface area (Å²) in [5.41, 5.74) is 0.294. The van der Waals surface area contributed by atoms with E-state index in [9.17, 15) is 9.59 Å². The van der Waals surface area contributed by atoms with E-state index in [1.165, 1.54) is 0 Å². The van der Waals surface area contributed by atoms with Crippen LogP contribution in [-0.2, 0) is 4.79 Å². The second kappa shape index (κ2) is 4.77. The molecule has 2 aliphatic heterocycles. The van der Waals surface area contributed by atoms with E-state index in [2.05, 4.69) is 10.2 Å². The van der Waals surface area contributed by atoms with Gasteiger partial charge in [0.25, 0.3) is 5.91 Å². The van der Waals surface area contributed by atoms with Crippen LogP contribution in [0.1, 0.15) is 23.3 Å². The molecule has 19 heavy (non-hydrogen) atoms. The lowest BCUT2D eigenvalue weighted by Crippen LogP contribution is -2.53. The predicted octanol–water partition coefficient (Wildman–Crippen LogP) is 0.577. The molecule has 0 radical (unpaired) electrons. The highest BCUT2D eigenvalue weighted by Gasteiger charge is 2.37. The zero-order valence-corrected chi connectivity index (χ0v) is 11.0. The van der Waals surface area contributed by atoms with Gasteiger partial charge in [-0.1, -0.05) is 11.6 Å². The van der Waals surface area contributed by atoms with Gasteiger partial charge < -0.3 is 9.80 Å². The summed E-state index contributed by atoms with van der Waals surface area (Å²) in [4.78, 5) is 27.4. The fourth-order valence-corrected chi connectivity index (χ4v) is 2.74. The van der Waals surface area contributed by atoms with Crippen molar-refractivity contribution in [3.63, 3.8) is 0 Å². The minimum absolute atomic E-state index is 0.150. The van der Waals surface area contributed by atoms with Gasteiger partial charge in [-0.2, -0.15) is 0 Å². The van der Waals surface area contributed by atoms with Gasteiger partial charge in [-0.05, 0) is 18.6 Å². The fraction of sp³-hybridized carbons (Fsp3) is 0.500. The van der Waals surface area contributed by atoms with Crippen molar-refractivity contribution >= 4 is 23.4 Å². The number of aromatic nitrogens is 2. The van der Waals surface area contributed by atoms with Gasteiger partial charge in [0, 0.05) is 32.1 Å². The van der Waals surface area contributed by atoms with Crippen LogP contribution in [0.15, 0.2) is 12.1 Å². The summed E-state index contributed by atoms with van der Waals surface area (Å²) in [6.07, 6.45) is 1.42. The maximum absolute atomic E-state index is 12.3. The van der Waals surface area contributed by atoms with Gasteiger partial charge in [0.2, 0.25) is 5.91 Å². The lowest BCUT2D eigenvalue weighted by atomic mass is 10.1. The molecule has 0 bridgehead atoms. The number of hydrogen-bond acceptors (Lipinski definition) is 4. The molecular formula is C12H13ClN4O2. The molecule has 7 heteroatoms. The van der Waals surface area contributed by atoms with E-state index < -0.39 is 0 Å². The summed E-state index contributed by atoms with van der Waals surface area (Å²) in [6.45, 7) is 1.73. The van der Waals surface area contributed by atoms with E-state index in [1.54, 1.807) is 17.0 Å². The molecule has 1 atom stereocenters. The van der Waals surface area contributed by atoms with E-state index in [4.69, 9.17) is 11.6 Å². The maximum atomic E-state index is 12.3. The van der Waals surface area contributed by atoms with Crippen molar-refractivity contribution in [2.45, 2.75) is 18.9 Å². The summed E-state index contributed by atoms with van der Waals surface area (Å²) in [7, 11) is 0. The smallest absolute Gasteiger partial charge is 0.274 e. The molecular weight excluding hydrogens is 268 g/mol. The van der Waals surface area contributed by atoms with Crippen molar-refractivity contribution in [1.29, 1.82) is 0 Å². The second-order valence-electron chi connectivity index (χ2n) is 4.77. The van der Waals surface area contributed by atoms with Crippen molar-refractivity contribution in [3.8, 4) is 0 Å². The Bertz CT molecular complexity index is 519. The third-order valence-corrected chi connectivity index (χ3v) is 3.83. The molecule has 0 saturated carbocycles. The quantitative estimate of drug-likeness (QED) is 0.755. The number of amides is 2. The van der Waals surface area contributed by atoms with Crippen molar-refractivity contribution in [2.24, 2.45) is 0 Å². The maximum Gasteiger partial charge on any atom is 0.274 e. The standard InChI is InChI=1S/C12H13ClN4O2/c13-10-3-2-9(14-15-10)12(19)16-5-6-17-8(7-16)1-4-11(17)18/h2-3,8H,1,4-7H2. The molecule has 0 aromatic carbocycles. The average Bonchev–Trinajstić information content (AvgIpc) is 2.80. The highest BCUT2D eigenvalue weighted by Crippen LogP contribution is 2.23. The molecule has 2 aliphatic rings. The van der Waals surface area contributed by atoms with Gasteiger partial charge in [0.05, 0.1) is 0 Å². The number of fused-ring (bicyclic) bond motifs is 1. The van der Waals surface area contributed by atoms with Crippen LogP contribution in [0.3, 0.4) is 0 Å². The summed E-state index contributed by atoms with van der Waals surface area (Å²) in [5, 5.41) is 7.74. The Hall–Kier alpha value is -1.69. The first-order valence-electron chi connectivity index (χ1n) is 6.23. The summed E-state index contributed by atoms with van der Waals surface area (Å²) >= 11 is 5.65. The van der Waals surface area contributed by atoms with E-state index in [0.717, 1.165) is 6.42 Å². The van der Waals surface area contributed by atoms with Crippen LogP contribution in [0.25, 0.3) is 0 Å². The number of piperazine rings is 1. The highest BCUT2D eigenvalue weighted by molar-refractivity contribution is 6.29. The van der Waals surface area contributed by atoms with Crippen LogP contribution >= 0.6 is 11.6 Å². The van der Waals surface area contributed by atoms with Crippen molar-refractivity contribution < 1.29 is 9.59 Å². The molecule has 2 fully saturated rings. The zero-order valence-electron chi connectivity index (χ0n) is 10.3. The van der Waals surface area contributed by atoms with Crippen LogP contribution < -0.4 is 0 Å². The number of rotatable bonds is 1. The molecule has 0 aliphatic carbocycles. The molecule has 2 saturated heterocycles. The monoisotopic (exact) mass is 280 g/mol. The van der Waals surface area contributed by atoms with E-state index >= 15 is 0 Å². The number of carbonyl (C=O) groups is 2. The molecule has 3 rings (SSSR count). The Morgan fingerprint density at radius 3 is 2.89 bits per heavy atom. The molecule has 100 valence electrons. The van der Waals surface area contributed by atoms with Crippen LogP contribution in [0.2, 0.25) is 5.15 Å². The fourth-order valence-electron chi connectivity index (χ4n) is 2.64. The van der Waals surface area contributed by atoms with Crippen molar-refractivity contribution in [3.05, 3.63) is 23.0 Å². The zero-order chi connectivity index (χ0) is 13.4. The molecule has 0 N–H and O–H groups in total. The number of halogens is 1. The minimum atomic E-state index is -0.150. The number of hydrogen-bond donors (Lipinski definition) is 0. The van der Waals surface area contributed by atoms with Crippen molar-refractivity contribution in [1.82, 2.24) is 20.0 Å². The summed E-state index contributed by atoms with van der Waals surface area (Å²) in [6, 6.07) is 3.28. The summed E-state index contributed by atoms with van der Waals surface area (Å²) in [5.74, 6) is 0.0477. The first-order valence-corrected chi connectivity index (χ1v) is 6.61. The van der Waals surface area contributed by atoms with Gasteiger partial charge in [-0.25, -0.2) is 0 Å². The highest BCUT2D eigenvalue weighted by atomic mass is 35.5. The summed E-state index contributed by atoms with van der Waals surface area (Å²) < 4.78 is 0. The third kappa shape index (κ3) is 2.28. The Balaban J connectivity index is 1.72. The second-order valence-corrected chi connectivity index (χ2v) is 5.16. The minimum Gasteiger partial charge on any atom is -0.336 e. The Labute approximate surface area is 115 Å². The molecule has 1 aromatic heterocycles. The number of carbonyl (C=O) groups excluding carboxylic acids is 2. The Morgan fingerprint density at radius 2 is 2.16 bits per heavy atom. The van der Waals surface area contributed by atoms with Crippen LogP contribution in [0.5, 0.6) is 0 Å². The van der Waals surface area contributed by atoms with Crippen LogP contribution in [-0.4, -0.2) is 57.5 Å². The van der Waals surface area contributed by atoms with E-state index in [1.807, 2.05) is 4.90 Å². The number of nitrogens with zero attached hydrogens (tertiary/aromatic N) is 4. The van der Waals surface area contributed by atoms with Gasteiger partial charge >= 0.3 is 0 Å². The van der Waals surface area contributed by atoms with E-state index in [-0.39, 0.29) is 23.0 Å². The molecule has 6 nitrogen and oxygen atoms in total. The molecule has 1 aromatic rings. The van der Waals surface area contributed by atoms with Crippen LogP contribution in [0.4, 0.5) is 0 Å². The predicted molar refractivity (Wildman–Crippen MR) is 67.7 cm³/mol.